The minimum Gasteiger partial charge on any atom is -0.455 e. The van der Waals surface area contributed by atoms with Crippen LogP contribution in [0.1, 0.15) is 0 Å². The zero-order chi connectivity index (χ0) is 36.3. The quantitative estimate of drug-likeness (QED) is 0.168. The highest BCUT2D eigenvalue weighted by Gasteiger charge is 2.18. The van der Waals surface area contributed by atoms with Crippen LogP contribution >= 0.6 is 0 Å². The van der Waals surface area contributed by atoms with Crippen molar-refractivity contribution in [3.63, 3.8) is 0 Å². The maximum absolute atomic E-state index is 6.40. The first-order valence-corrected chi connectivity index (χ1v) is 18.7. The number of benzene rings is 9. The second-order valence-electron chi connectivity index (χ2n) is 14.1. The van der Waals surface area contributed by atoms with E-state index in [4.69, 9.17) is 14.4 Å². The maximum Gasteiger partial charge on any atom is 0.143 e. The van der Waals surface area contributed by atoms with Crippen LogP contribution < -0.4 is 0 Å². The molecule has 55 heavy (non-hydrogen) atoms. The van der Waals surface area contributed by atoms with Crippen molar-refractivity contribution in [3.05, 3.63) is 194 Å². The summed E-state index contributed by atoms with van der Waals surface area (Å²) in [5, 5.41) is 6.85. The van der Waals surface area contributed by atoms with Crippen LogP contribution in [0.15, 0.2) is 199 Å². The van der Waals surface area contributed by atoms with E-state index in [1.54, 1.807) is 0 Å². The Morgan fingerprint density at radius 2 is 0.709 bits per heavy atom. The summed E-state index contributed by atoms with van der Waals surface area (Å²) in [7, 11) is 0. The van der Waals surface area contributed by atoms with Gasteiger partial charge in [0.25, 0.3) is 0 Å². The molecule has 256 valence electrons. The Morgan fingerprint density at radius 3 is 1.35 bits per heavy atom. The second-order valence-corrected chi connectivity index (χ2v) is 14.1. The van der Waals surface area contributed by atoms with E-state index in [1.165, 1.54) is 10.8 Å². The number of nitrogens with zero attached hydrogens (tertiary/aromatic N) is 2. The molecule has 0 aliphatic rings. The summed E-state index contributed by atoms with van der Waals surface area (Å²) in [6.07, 6.45) is 0. The minimum absolute atomic E-state index is 0.865. The van der Waals surface area contributed by atoms with Crippen molar-refractivity contribution in [2.45, 2.75) is 0 Å². The average Bonchev–Trinajstić information content (AvgIpc) is 3.66. The summed E-state index contributed by atoms with van der Waals surface area (Å²) in [5.41, 5.74) is 14.2. The van der Waals surface area contributed by atoms with Gasteiger partial charge in [-0.3, -0.25) is 0 Å². The fourth-order valence-electron chi connectivity index (χ4n) is 8.22. The van der Waals surface area contributed by atoms with Gasteiger partial charge in [-0.05, 0) is 62.9 Å². The largest absolute Gasteiger partial charge is 0.455 e. The molecule has 3 nitrogen and oxygen atoms in total. The average molecular weight is 701 g/mol. The van der Waals surface area contributed by atoms with Crippen LogP contribution in [-0.2, 0) is 0 Å². The van der Waals surface area contributed by atoms with Crippen molar-refractivity contribution in [1.82, 2.24) is 9.97 Å². The number of fused-ring (bicyclic) bond motifs is 9. The third-order valence-corrected chi connectivity index (χ3v) is 10.8. The fourth-order valence-corrected chi connectivity index (χ4v) is 8.22. The van der Waals surface area contributed by atoms with Crippen molar-refractivity contribution in [2.24, 2.45) is 0 Å². The number of furan rings is 1. The van der Waals surface area contributed by atoms with E-state index in [9.17, 15) is 0 Å². The molecule has 0 amide bonds. The minimum atomic E-state index is 0.865. The van der Waals surface area contributed by atoms with Crippen molar-refractivity contribution >= 4 is 54.5 Å². The summed E-state index contributed by atoms with van der Waals surface area (Å²) in [5.74, 6) is 0. The molecule has 0 atom stereocenters. The van der Waals surface area contributed by atoms with Gasteiger partial charge in [0.05, 0.1) is 22.4 Å². The Bertz CT molecular complexity index is 3270. The van der Waals surface area contributed by atoms with E-state index in [2.05, 4.69) is 176 Å². The molecule has 0 saturated heterocycles. The van der Waals surface area contributed by atoms with Gasteiger partial charge in [0.15, 0.2) is 0 Å². The van der Waals surface area contributed by atoms with Crippen molar-refractivity contribution in [3.8, 4) is 55.9 Å². The van der Waals surface area contributed by atoms with Crippen molar-refractivity contribution in [2.75, 3.05) is 0 Å². The van der Waals surface area contributed by atoms with Crippen LogP contribution in [0.2, 0.25) is 0 Å². The van der Waals surface area contributed by atoms with Crippen molar-refractivity contribution in [1.29, 1.82) is 0 Å². The fraction of sp³-hybridized carbons (Fsp3) is 0. The third kappa shape index (κ3) is 5.20. The number of para-hydroxylation sites is 2. The van der Waals surface area contributed by atoms with E-state index in [1.807, 2.05) is 18.2 Å². The van der Waals surface area contributed by atoms with E-state index in [0.717, 1.165) is 99.6 Å². The molecule has 11 rings (SSSR count). The van der Waals surface area contributed by atoms with E-state index >= 15 is 0 Å². The number of hydrogen-bond donors (Lipinski definition) is 0. The molecule has 2 aromatic heterocycles. The monoisotopic (exact) mass is 700 g/mol. The Balaban J connectivity index is 1.04. The predicted octanol–water partition coefficient (Wildman–Crippen LogP) is 14.2. The van der Waals surface area contributed by atoms with E-state index < -0.39 is 0 Å². The van der Waals surface area contributed by atoms with Crippen LogP contribution in [0.5, 0.6) is 0 Å². The van der Waals surface area contributed by atoms with Gasteiger partial charge in [-0.2, -0.15) is 0 Å². The molecule has 0 aliphatic carbocycles. The third-order valence-electron chi connectivity index (χ3n) is 10.8. The standard InChI is InChI=1S/C52H32N2O/c1-2-14-33(15-3-1)48-49(54-51-45-26-7-5-23-42(45)41-22-4-6-25-44(41)50(51)53-48)39-21-12-19-37(32-39)35-17-10-16-34(30-35)36-18-11-20-38(31-36)40-27-13-28-46-43-24-8-9-29-47(43)55-52(40)46/h1-32H. The number of rotatable bonds is 5. The summed E-state index contributed by atoms with van der Waals surface area (Å²) in [4.78, 5) is 11.0. The molecule has 0 fully saturated rings. The predicted molar refractivity (Wildman–Crippen MR) is 229 cm³/mol. The first kappa shape index (κ1) is 31.2. The number of aromatic nitrogens is 2. The molecule has 0 radical (unpaired) electrons. The molecule has 11 aromatic rings. The lowest BCUT2D eigenvalue weighted by Gasteiger charge is -2.15. The van der Waals surface area contributed by atoms with Crippen molar-refractivity contribution < 1.29 is 4.42 Å². The molecular weight excluding hydrogens is 669 g/mol. The lowest BCUT2D eigenvalue weighted by Crippen LogP contribution is -1.97. The van der Waals surface area contributed by atoms with Gasteiger partial charge >= 0.3 is 0 Å². The normalized spacial score (nSPS) is 11.6. The van der Waals surface area contributed by atoms with Gasteiger partial charge in [-0.1, -0.05) is 170 Å². The van der Waals surface area contributed by atoms with Gasteiger partial charge in [0, 0.05) is 38.2 Å². The zero-order valence-corrected chi connectivity index (χ0v) is 29.8. The molecule has 0 bridgehead atoms. The molecule has 0 unspecified atom stereocenters. The molecule has 0 spiro atoms. The molecule has 0 saturated carbocycles. The Labute approximate surface area is 317 Å². The van der Waals surface area contributed by atoms with Gasteiger partial charge in [-0.15, -0.1) is 0 Å². The van der Waals surface area contributed by atoms with Crippen LogP contribution in [0.4, 0.5) is 0 Å². The summed E-state index contributed by atoms with van der Waals surface area (Å²) in [6, 6.07) is 68.4. The van der Waals surface area contributed by atoms with Crippen LogP contribution in [0.3, 0.4) is 0 Å². The van der Waals surface area contributed by atoms with Crippen LogP contribution in [-0.4, -0.2) is 9.97 Å². The topological polar surface area (TPSA) is 38.9 Å². The van der Waals surface area contributed by atoms with E-state index in [0.29, 0.717) is 0 Å². The zero-order valence-electron chi connectivity index (χ0n) is 29.8. The van der Waals surface area contributed by atoms with Gasteiger partial charge < -0.3 is 4.42 Å². The SMILES string of the molecule is c1ccc(-c2nc3c4ccccc4c4ccccc4c3nc2-c2cccc(-c3cccc(-c4cccc(-c5cccc6c5oc5ccccc56)c4)c3)c2)cc1. The van der Waals surface area contributed by atoms with E-state index in [-0.39, 0.29) is 0 Å². The Morgan fingerprint density at radius 1 is 0.291 bits per heavy atom. The molecule has 2 heterocycles. The molecule has 9 aromatic carbocycles. The highest BCUT2D eigenvalue weighted by molar-refractivity contribution is 6.23. The highest BCUT2D eigenvalue weighted by Crippen LogP contribution is 2.40. The first-order chi connectivity index (χ1) is 27.3. The molecule has 3 heteroatoms. The summed E-state index contributed by atoms with van der Waals surface area (Å²) < 4.78 is 6.40. The second kappa shape index (κ2) is 12.6. The van der Waals surface area contributed by atoms with Crippen LogP contribution in [0, 0.1) is 0 Å². The molecular formula is C52H32N2O. The van der Waals surface area contributed by atoms with Gasteiger partial charge in [0.2, 0.25) is 0 Å². The highest BCUT2D eigenvalue weighted by atomic mass is 16.3. The first-order valence-electron chi connectivity index (χ1n) is 18.7. The Hall–Kier alpha value is -7.36. The Kier molecular flexibility index (Phi) is 7.17. The maximum atomic E-state index is 6.40. The van der Waals surface area contributed by atoms with Gasteiger partial charge in [-0.25, -0.2) is 9.97 Å². The smallest absolute Gasteiger partial charge is 0.143 e. The lowest BCUT2D eigenvalue weighted by molar-refractivity contribution is 0.670. The van der Waals surface area contributed by atoms with Crippen LogP contribution in [0.25, 0.3) is 110 Å². The summed E-state index contributed by atoms with van der Waals surface area (Å²) in [6.45, 7) is 0. The summed E-state index contributed by atoms with van der Waals surface area (Å²) >= 11 is 0. The lowest BCUT2D eigenvalue weighted by atomic mass is 9.94. The van der Waals surface area contributed by atoms with Gasteiger partial charge in [0.1, 0.15) is 11.2 Å². The molecule has 0 N–H and O–H groups in total. The number of hydrogen-bond acceptors (Lipinski definition) is 3. The molecule has 0 aliphatic heterocycles.